The van der Waals surface area contributed by atoms with Gasteiger partial charge in [0.2, 0.25) is 10.0 Å². The summed E-state index contributed by atoms with van der Waals surface area (Å²) < 4.78 is 39.6. The van der Waals surface area contributed by atoms with E-state index in [1.807, 2.05) is 6.92 Å². The van der Waals surface area contributed by atoms with E-state index in [0.717, 1.165) is 12.8 Å². The second-order valence-corrected chi connectivity index (χ2v) is 6.07. The van der Waals surface area contributed by atoms with Gasteiger partial charge in [0.05, 0.1) is 0 Å². The molecule has 1 unspecified atom stereocenters. The molecule has 0 saturated heterocycles. The number of aryl methyl sites for hydroxylation is 1. The Labute approximate surface area is 120 Å². The minimum atomic E-state index is -3.83. The van der Waals surface area contributed by atoms with Gasteiger partial charge in [-0.3, -0.25) is 0 Å². The first-order chi connectivity index (χ1) is 8.36. The van der Waals surface area contributed by atoms with Gasteiger partial charge >= 0.3 is 0 Å². The lowest BCUT2D eigenvalue weighted by Crippen LogP contribution is -2.37. The van der Waals surface area contributed by atoms with E-state index in [1.54, 1.807) is 13.0 Å². The molecule has 0 spiro atoms. The Kier molecular flexibility index (Phi) is 7.51. The van der Waals surface area contributed by atoms with E-state index in [1.165, 1.54) is 12.1 Å². The van der Waals surface area contributed by atoms with Gasteiger partial charge in [-0.15, -0.1) is 12.4 Å². The summed E-state index contributed by atoms with van der Waals surface area (Å²) in [6, 6.07) is 3.76. The highest BCUT2D eigenvalue weighted by atomic mass is 35.5. The maximum absolute atomic E-state index is 13.6. The summed E-state index contributed by atoms with van der Waals surface area (Å²) in [5.41, 5.74) is 6.39. The van der Waals surface area contributed by atoms with Crippen LogP contribution in [0.4, 0.5) is 4.39 Å². The first kappa shape index (κ1) is 18.3. The minimum Gasteiger partial charge on any atom is -0.327 e. The van der Waals surface area contributed by atoms with Crippen LogP contribution >= 0.6 is 12.4 Å². The molecule has 0 aliphatic carbocycles. The van der Waals surface area contributed by atoms with Crippen LogP contribution in [0.5, 0.6) is 0 Å². The lowest BCUT2D eigenvalue weighted by molar-refractivity contribution is 0.539. The zero-order chi connectivity index (χ0) is 13.8. The van der Waals surface area contributed by atoms with Crippen molar-refractivity contribution in [2.24, 2.45) is 5.73 Å². The molecule has 0 aromatic heterocycles. The van der Waals surface area contributed by atoms with Crippen LogP contribution in [0.15, 0.2) is 23.1 Å². The molecule has 1 atom stereocenters. The van der Waals surface area contributed by atoms with Gasteiger partial charge < -0.3 is 5.73 Å². The average Bonchev–Trinajstić information content (AvgIpc) is 2.26. The number of rotatable bonds is 6. The smallest absolute Gasteiger partial charge is 0.243 e. The third-order valence-corrected chi connectivity index (χ3v) is 4.03. The molecule has 0 aliphatic heterocycles. The highest BCUT2D eigenvalue weighted by Crippen LogP contribution is 2.15. The van der Waals surface area contributed by atoms with Crippen LogP contribution in [0.2, 0.25) is 0 Å². The van der Waals surface area contributed by atoms with E-state index in [-0.39, 0.29) is 29.9 Å². The minimum absolute atomic E-state index is 0. The Morgan fingerprint density at radius 2 is 2.05 bits per heavy atom. The number of nitrogens with two attached hydrogens (primary N) is 1. The second kappa shape index (κ2) is 7.79. The Morgan fingerprint density at radius 3 is 2.58 bits per heavy atom. The Morgan fingerprint density at radius 1 is 1.42 bits per heavy atom. The highest BCUT2D eigenvalue weighted by Gasteiger charge is 2.19. The lowest BCUT2D eigenvalue weighted by Gasteiger charge is -2.12. The predicted octanol–water partition coefficient (Wildman–Crippen LogP) is 1.96. The molecule has 0 heterocycles. The fraction of sp³-hybridized carbons (Fsp3) is 0.500. The normalized spacial score (nSPS) is 12.8. The Bertz CT molecular complexity index is 508. The van der Waals surface area contributed by atoms with Crippen LogP contribution in [0.3, 0.4) is 0 Å². The van der Waals surface area contributed by atoms with Crippen molar-refractivity contribution in [3.05, 3.63) is 29.6 Å². The Hall–Kier alpha value is -0.690. The van der Waals surface area contributed by atoms with Crippen LogP contribution in [-0.2, 0) is 10.0 Å². The number of nitrogens with one attached hydrogen (secondary N) is 1. The van der Waals surface area contributed by atoms with Crippen molar-refractivity contribution < 1.29 is 12.8 Å². The van der Waals surface area contributed by atoms with Gasteiger partial charge in [-0.2, -0.15) is 0 Å². The van der Waals surface area contributed by atoms with Gasteiger partial charge in [-0.25, -0.2) is 17.5 Å². The molecule has 4 nitrogen and oxygen atoms in total. The third-order valence-electron chi connectivity index (χ3n) is 2.57. The van der Waals surface area contributed by atoms with Gasteiger partial charge in [-0.1, -0.05) is 19.4 Å². The van der Waals surface area contributed by atoms with Crippen LogP contribution < -0.4 is 10.5 Å². The van der Waals surface area contributed by atoms with Crippen molar-refractivity contribution in [3.63, 3.8) is 0 Å². The van der Waals surface area contributed by atoms with Gasteiger partial charge in [0, 0.05) is 12.6 Å². The van der Waals surface area contributed by atoms with Crippen molar-refractivity contribution in [2.75, 3.05) is 6.54 Å². The number of benzene rings is 1. The topological polar surface area (TPSA) is 72.2 Å². The van der Waals surface area contributed by atoms with Crippen molar-refractivity contribution in [3.8, 4) is 0 Å². The standard InChI is InChI=1S/C12H19FN2O2S.ClH/c1-3-4-10(14)8-15-18(16,17)12-6-5-9(2)7-11(12)13;/h5-7,10,15H,3-4,8,14H2,1-2H3;1H. The largest absolute Gasteiger partial charge is 0.327 e. The monoisotopic (exact) mass is 310 g/mol. The molecule has 0 bridgehead atoms. The quantitative estimate of drug-likeness (QED) is 0.843. The van der Waals surface area contributed by atoms with Crippen molar-refractivity contribution >= 4 is 22.4 Å². The predicted molar refractivity (Wildman–Crippen MR) is 76.5 cm³/mol. The molecule has 110 valence electrons. The van der Waals surface area contributed by atoms with Crippen LogP contribution in [0, 0.1) is 12.7 Å². The van der Waals surface area contributed by atoms with Crippen LogP contribution in [-0.4, -0.2) is 21.0 Å². The van der Waals surface area contributed by atoms with Crippen molar-refractivity contribution in [2.45, 2.75) is 37.6 Å². The van der Waals surface area contributed by atoms with Crippen molar-refractivity contribution in [1.82, 2.24) is 4.72 Å². The summed E-state index contributed by atoms with van der Waals surface area (Å²) in [6.45, 7) is 3.78. The summed E-state index contributed by atoms with van der Waals surface area (Å²) in [5.74, 6) is -0.744. The molecule has 7 heteroatoms. The maximum atomic E-state index is 13.6. The van der Waals surface area contributed by atoms with E-state index in [2.05, 4.69) is 4.72 Å². The molecular formula is C12H20ClFN2O2S. The van der Waals surface area contributed by atoms with E-state index in [9.17, 15) is 12.8 Å². The fourth-order valence-corrected chi connectivity index (χ4v) is 2.74. The summed E-state index contributed by atoms with van der Waals surface area (Å²) in [4.78, 5) is -0.336. The summed E-state index contributed by atoms with van der Waals surface area (Å²) in [7, 11) is -3.83. The van der Waals surface area contributed by atoms with E-state index >= 15 is 0 Å². The average molecular weight is 311 g/mol. The molecular weight excluding hydrogens is 291 g/mol. The lowest BCUT2D eigenvalue weighted by atomic mass is 10.2. The van der Waals surface area contributed by atoms with Gasteiger partial charge in [0.25, 0.3) is 0 Å². The molecule has 1 aromatic rings. The van der Waals surface area contributed by atoms with E-state index in [4.69, 9.17) is 5.73 Å². The molecule has 3 N–H and O–H groups in total. The maximum Gasteiger partial charge on any atom is 0.243 e. The molecule has 0 saturated carbocycles. The molecule has 0 amide bonds. The molecule has 0 radical (unpaired) electrons. The first-order valence-corrected chi connectivity index (χ1v) is 7.36. The second-order valence-electron chi connectivity index (χ2n) is 4.33. The van der Waals surface area contributed by atoms with Crippen molar-refractivity contribution in [1.29, 1.82) is 0 Å². The zero-order valence-corrected chi connectivity index (χ0v) is 12.7. The number of sulfonamides is 1. The van der Waals surface area contributed by atoms with Gasteiger partial charge in [0.15, 0.2) is 0 Å². The zero-order valence-electron chi connectivity index (χ0n) is 11.0. The molecule has 0 aliphatic rings. The SMILES string of the molecule is CCCC(N)CNS(=O)(=O)c1ccc(C)cc1F.Cl. The summed E-state index contributed by atoms with van der Waals surface area (Å²) >= 11 is 0. The molecule has 1 aromatic carbocycles. The first-order valence-electron chi connectivity index (χ1n) is 5.88. The highest BCUT2D eigenvalue weighted by molar-refractivity contribution is 7.89. The molecule has 1 rings (SSSR count). The van der Waals surface area contributed by atoms with E-state index < -0.39 is 15.8 Å². The number of hydrogen-bond donors (Lipinski definition) is 2. The van der Waals surface area contributed by atoms with Gasteiger partial charge in [-0.05, 0) is 31.0 Å². The Balaban J connectivity index is 0.00000324. The number of hydrogen-bond acceptors (Lipinski definition) is 3. The third kappa shape index (κ3) is 5.44. The molecule has 19 heavy (non-hydrogen) atoms. The summed E-state index contributed by atoms with van der Waals surface area (Å²) in [5, 5.41) is 0. The number of halogens is 2. The summed E-state index contributed by atoms with van der Waals surface area (Å²) in [6.07, 6.45) is 1.60. The molecule has 0 fully saturated rings. The van der Waals surface area contributed by atoms with Crippen LogP contribution in [0.25, 0.3) is 0 Å². The van der Waals surface area contributed by atoms with Gasteiger partial charge in [0.1, 0.15) is 10.7 Å². The van der Waals surface area contributed by atoms with Crippen LogP contribution in [0.1, 0.15) is 25.3 Å². The fourth-order valence-electron chi connectivity index (χ4n) is 1.59. The van der Waals surface area contributed by atoms with E-state index in [0.29, 0.717) is 5.56 Å².